The van der Waals surface area contributed by atoms with Gasteiger partial charge in [0.1, 0.15) is 0 Å². The Hall–Kier alpha value is -0.300. The third-order valence-electron chi connectivity index (χ3n) is 0.917. The zero-order chi connectivity index (χ0) is 8.24. The summed E-state index contributed by atoms with van der Waals surface area (Å²) < 4.78 is 0. The second-order valence-corrected chi connectivity index (χ2v) is 1.46. The van der Waals surface area contributed by atoms with E-state index in [1.807, 2.05) is 27.7 Å². The Morgan fingerprint density at radius 2 is 1.60 bits per heavy atom. The van der Waals surface area contributed by atoms with E-state index in [1.54, 1.807) is 0 Å². The van der Waals surface area contributed by atoms with Crippen LogP contribution in [0.5, 0.6) is 0 Å². The summed E-state index contributed by atoms with van der Waals surface area (Å²) >= 11 is 0. The van der Waals surface area contributed by atoms with E-state index >= 15 is 0 Å². The zero-order valence-electron chi connectivity index (χ0n) is 7.78. The SMILES string of the molecule is C1=CCNCC1.CC.CC. The molecule has 0 radical (unpaired) electrons. The second-order valence-electron chi connectivity index (χ2n) is 1.46. The second kappa shape index (κ2) is 15.9. The maximum Gasteiger partial charge on any atom is 0.0135 e. The van der Waals surface area contributed by atoms with Crippen LogP contribution in [0.15, 0.2) is 12.2 Å². The Labute approximate surface area is 65.5 Å². The smallest absolute Gasteiger partial charge is 0.0135 e. The molecule has 1 rings (SSSR count). The minimum Gasteiger partial charge on any atom is -0.313 e. The van der Waals surface area contributed by atoms with Crippen molar-refractivity contribution < 1.29 is 0 Å². The highest BCUT2D eigenvalue weighted by Gasteiger charge is 1.84. The highest BCUT2D eigenvalue weighted by Crippen LogP contribution is 1.84. The van der Waals surface area contributed by atoms with Crippen LogP contribution in [0, 0.1) is 0 Å². The van der Waals surface area contributed by atoms with Crippen LogP contribution in [0.1, 0.15) is 34.1 Å². The van der Waals surface area contributed by atoms with Gasteiger partial charge in [0, 0.05) is 6.54 Å². The largest absolute Gasteiger partial charge is 0.313 e. The highest BCUT2D eigenvalue weighted by atomic mass is 14.8. The Bertz CT molecular complexity index is 49.7. The molecule has 0 saturated heterocycles. The maximum atomic E-state index is 3.20. The lowest BCUT2D eigenvalue weighted by molar-refractivity contribution is 0.728. The molecule has 62 valence electrons. The number of hydrogen-bond acceptors (Lipinski definition) is 1. The molecule has 0 atom stereocenters. The molecule has 0 aromatic heterocycles. The van der Waals surface area contributed by atoms with Crippen molar-refractivity contribution in [2.75, 3.05) is 13.1 Å². The van der Waals surface area contributed by atoms with E-state index < -0.39 is 0 Å². The molecule has 1 aliphatic heterocycles. The first-order valence-corrected chi connectivity index (χ1v) is 4.36. The van der Waals surface area contributed by atoms with Gasteiger partial charge >= 0.3 is 0 Å². The van der Waals surface area contributed by atoms with Crippen LogP contribution in [0.3, 0.4) is 0 Å². The average molecular weight is 143 g/mol. The van der Waals surface area contributed by atoms with E-state index in [0.717, 1.165) is 13.1 Å². The van der Waals surface area contributed by atoms with E-state index in [2.05, 4.69) is 17.5 Å². The molecule has 1 heteroatoms. The normalized spacial score (nSPS) is 14.0. The summed E-state index contributed by atoms with van der Waals surface area (Å²) in [5, 5.41) is 3.20. The minimum absolute atomic E-state index is 1.07. The van der Waals surface area contributed by atoms with Crippen molar-refractivity contribution >= 4 is 0 Å². The van der Waals surface area contributed by atoms with E-state index in [4.69, 9.17) is 0 Å². The van der Waals surface area contributed by atoms with Crippen LogP contribution >= 0.6 is 0 Å². The number of hydrogen-bond donors (Lipinski definition) is 1. The van der Waals surface area contributed by atoms with E-state index in [9.17, 15) is 0 Å². The van der Waals surface area contributed by atoms with Crippen molar-refractivity contribution in [2.24, 2.45) is 0 Å². The molecule has 10 heavy (non-hydrogen) atoms. The molecular formula is C9H21N. The third kappa shape index (κ3) is 10.6. The molecule has 0 aromatic carbocycles. The van der Waals surface area contributed by atoms with Crippen molar-refractivity contribution in [1.29, 1.82) is 0 Å². The lowest BCUT2D eigenvalue weighted by atomic mass is 10.3. The molecule has 0 aromatic rings. The van der Waals surface area contributed by atoms with Gasteiger partial charge in [0.05, 0.1) is 0 Å². The standard InChI is InChI=1S/C5H9N.2C2H6/c1-2-4-6-5-3-1;2*1-2/h1-2,6H,3-5H2;2*1-2H3. The van der Waals surface area contributed by atoms with Crippen molar-refractivity contribution in [3.63, 3.8) is 0 Å². The summed E-state index contributed by atoms with van der Waals surface area (Å²) in [5.41, 5.74) is 0. The fourth-order valence-electron chi connectivity index (χ4n) is 0.572. The van der Waals surface area contributed by atoms with Gasteiger partial charge < -0.3 is 5.32 Å². The molecule has 0 bridgehead atoms. The molecule has 0 fully saturated rings. The molecule has 0 aliphatic carbocycles. The van der Waals surface area contributed by atoms with E-state index in [1.165, 1.54) is 6.42 Å². The molecule has 0 amide bonds. The lowest BCUT2D eigenvalue weighted by Gasteiger charge is -2.01. The summed E-state index contributed by atoms with van der Waals surface area (Å²) in [6.07, 6.45) is 5.57. The summed E-state index contributed by atoms with van der Waals surface area (Å²) in [6, 6.07) is 0. The van der Waals surface area contributed by atoms with Gasteiger partial charge in [0.25, 0.3) is 0 Å². The van der Waals surface area contributed by atoms with Crippen LogP contribution in [0.25, 0.3) is 0 Å². The quantitative estimate of drug-likeness (QED) is 0.514. The van der Waals surface area contributed by atoms with Gasteiger partial charge in [0.15, 0.2) is 0 Å². The van der Waals surface area contributed by atoms with Crippen LogP contribution < -0.4 is 5.32 Å². The first-order valence-electron chi connectivity index (χ1n) is 4.36. The van der Waals surface area contributed by atoms with Gasteiger partial charge in [-0.2, -0.15) is 0 Å². The fourth-order valence-corrected chi connectivity index (χ4v) is 0.572. The number of nitrogens with one attached hydrogen (secondary N) is 1. The monoisotopic (exact) mass is 143 g/mol. The molecular weight excluding hydrogens is 122 g/mol. The molecule has 0 spiro atoms. The van der Waals surface area contributed by atoms with Gasteiger partial charge in [-0.05, 0) is 13.0 Å². The zero-order valence-corrected chi connectivity index (χ0v) is 7.78. The highest BCUT2D eigenvalue weighted by molar-refractivity contribution is 4.88. The average Bonchev–Trinajstić information content (AvgIpc) is 2.14. The van der Waals surface area contributed by atoms with Gasteiger partial charge in [-0.25, -0.2) is 0 Å². The predicted octanol–water partition coefficient (Wildman–Crippen LogP) is 2.59. The van der Waals surface area contributed by atoms with Crippen LogP contribution in [0.4, 0.5) is 0 Å². The first-order chi connectivity index (χ1) is 5.00. The molecule has 0 unspecified atom stereocenters. The molecule has 1 nitrogen and oxygen atoms in total. The summed E-state index contributed by atoms with van der Waals surface area (Å²) in [5.74, 6) is 0. The fraction of sp³-hybridized carbons (Fsp3) is 0.778. The van der Waals surface area contributed by atoms with E-state index in [-0.39, 0.29) is 0 Å². The van der Waals surface area contributed by atoms with Crippen LogP contribution in [-0.4, -0.2) is 13.1 Å². The molecule has 0 saturated carbocycles. The van der Waals surface area contributed by atoms with Crippen molar-refractivity contribution in [1.82, 2.24) is 5.32 Å². The Kier molecular flexibility index (Phi) is 19.7. The Morgan fingerprint density at radius 3 is 1.70 bits per heavy atom. The summed E-state index contributed by atoms with van der Waals surface area (Å²) in [6.45, 7) is 10.2. The lowest BCUT2D eigenvalue weighted by Crippen LogP contribution is -2.17. The van der Waals surface area contributed by atoms with Gasteiger partial charge in [-0.3, -0.25) is 0 Å². The first kappa shape index (κ1) is 12.4. The number of rotatable bonds is 0. The van der Waals surface area contributed by atoms with Gasteiger partial charge in [-0.1, -0.05) is 39.8 Å². The molecule has 1 N–H and O–H groups in total. The summed E-state index contributed by atoms with van der Waals surface area (Å²) in [4.78, 5) is 0. The Morgan fingerprint density at radius 1 is 1.00 bits per heavy atom. The minimum atomic E-state index is 1.07. The van der Waals surface area contributed by atoms with Crippen LogP contribution in [-0.2, 0) is 0 Å². The van der Waals surface area contributed by atoms with Crippen molar-refractivity contribution in [2.45, 2.75) is 34.1 Å². The van der Waals surface area contributed by atoms with E-state index in [0.29, 0.717) is 0 Å². The van der Waals surface area contributed by atoms with Gasteiger partial charge in [-0.15, -0.1) is 0 Å². The molecule has 1 heterocycles. The van der Waals surface area contributed by atoms with Crippen LogP contribution in [0.2, 0.25) is 0 Å². The third-order valence-corrected chi connectivity index (χ3v) is 0.917. The van der Waals surface area contributed by atoms with Crippen molar-refractivity contribution in [3.8, 4) is 0 Å². The summed E-state index contributed by atoms with van der Waals surface area (Å²) in [7, 11) is 0. The topological polar surface area (TPSA) is 12.0 Å². The molecule has 1 aliphatic rings. The maximum absolute atomic E-state index is 3.20. The van der Waals surface area contributed by atoms with Gasteiger partial charge in [0.2, 0.25) is 0 Å². The Balaban J connectivity index is 0. The predicted molar refractivity (Wildman–Crippen MR) is 49.3 cm³/mol. The van der Waals surface area contributed by atoms with Crippen molar-refractivity contribution in [3.05, 3.63) is 12.2 Å².